The minimum absolute atomic E-state index is 0.0172. The lowest BCUT2D eigenvalue weighted by Crippen LogP contribution is -2.48. The van der Waals surface area contributed by atoms with Crippen LogP contribution in [-0.4, -0.2) is 44.1 Å². The van der Waals surface area contributed by atoms with Crippen molar-refractivity contribution in [1.29, 1.82) is 0 Å². The van der Waals surface area contributed by atoms with Crippen molar-refractivity contribution in [1.82, 2.24) is 14.9 Å². The first kappa shape index (κ1) is 13.8. The molecule has 112 valence electrons. The number of carbonyl (C=O) groups excluding carboxylic acids is 1. The Hall–Kier alpha value is -2.18. The van der Waals surface area contributed by atoms with Crippen molar-refractivity contribution in [2.24, 2.45) is 5.92 Å². The number of likely N-dealkylation sites (tertiary alicyclic amines) is 1. The van der Waals surface area contributed by atoms with Gasteiger partial charge in [0.15, 0.2) is 0 Å². The van der Waals surface area contributed by atoms with Gasteiger partial charge in [-0.25, -0.2) is 19.6 Å². The van der Waals surface area contributed by atoms with Crippen LogP contribution in [0.2, 0.25) is 0 Å². The maximum Gasteiger partial charge on any atom is 0.326 e. The lowest BCUT2D eigenvalue weighted by molar-refractivity contribution is -0.141. The Morgan fingerprint density at radius 1 is 1.24 bits per heavy atom. The third-order valence-corrected chi connectivity index (χ3v) is 4.39. The normalized spacial score (nSPS) is 28.0. The van der Waals surface area contributed by atoms with Crippen molar-refractivity contribution in [3.05, 3.63) is 18.5 Å². The summed E-state index contributed by atoms with van der Waals surface area (Å²) in [5, 5.41) is 12.0. The van der Waals surface area contributed by atoms with Gasteiger partial charge in [0.05, 0.1) is 0 Å². The Bertz CT molecular complexity index is 536. The van der Waals surface area contributed by atoms with Gasteiger partial charge in [-0.05, 0) is 31.2 Å². The van der Waals surface area contributed by atoms with Gasteiger partial charge in [-0.1, -0.05) is 12.8 Å². The Balaban J connectivity index is 1.79. The molecule has 2 heterocycles. The number of hydrogen-bond donors (Lipinski definition) is 2. The summed E-state index contributed by atoms with van der Waals surface area (Å²) in [4.78, 5) is 33.3. The first-order valence-electron chi connectivity index (χ1n) is 7.26. The maximum absolute atomic E-state index is 12.5. The van der Waals surface area contributed by atoms with Gasteiger partial charge >= 0.3 is 12.0 Å². The minimum Gasteiger partial charge on any atom is -0.480 e. The summed E-state index contributed by atoms with van der Waals surface area (Å²) >= 11 is 0. The zero-order chi connectivity index (χ0) is 14.8. The van der Waals surface area contributed by atoms with Crippen LogP contribution in [0.25, 0.3) is 0 Å². The zero-order valence-electron chi connectivity index (χ0n) is 11.6. The Kier molecular flexibility index (Phi) is 3.72. The quantitative estimate of drug-likeness (QED) is 0.864. The van der Waals surface area contributed by atoms with Crippen molar-refractivity contribution in [3.8, 4) is 0 Å². The highest BCUT2D eigenvalue weighted by Crippen LogP contribution is 2.39. The molecule has 0 aromatic carbocycles. The van der Waals surface area contributed by atoms with Crippen molar-refractivity contribution >= 4 is 17.9 Å². The van der Waals surface area contributed by atoms with Gasteiger partial charge in [0, 0.05) is 18.4 Å². The van der Waals surface area contributed by atoms with Gasteiger partial charge in [-0.15, -0.1) is 0 Å². The molecule has 0 spiro atoms. The van der Waals surface area contributed by atoms with Gasteiger partial charge in [0.25, 0.3) is 0 Å². The molecule has 1 aliphatic carbocycles. The Labute approximate surface area is 122 Å². The Morgan fingerprint density at radius 2 is 1.95 bits per heavy atom. The number of hydrogen-bond acceptors (Lipinski definition) is 4. The zero-order valence-corrected chi connectivity index (χ0v) is 11.6. The minimum atomic E-state index is -0.937. The number of nitrogens with one attached hydrogen (secondary N) is 1. The molecule has 3 atom stereocenters. The molecule has 2 aliphatic rings. The molecule has 7 nitrogen and oxygen atoms in total. The number of nitrogens with zero attached hydrogens (tertiary/aromatic N) is 3. The molecular weight excluding hydrogens is 272 g/mol. The summed E-state index contributed by atoms with van der Waals surface area (Å²) < 4.78 is 0. The number of carboxylic acid groups (broad SMARTS) is 1. The van der Waals surface area contributed by atoms with Crippen LogP contribution in [0.4, 0.5) is 10.7 Å². The number of urea groups is 1. The lowest BCUT2D eigenvalue weighted by Gasteiger charge is -2.32. The van der Waals surface area contributed by atoms with E-state index in [1.807, 2.05) is 0 Å². The van der Waals surface area contributed by atoms with Crippen LogP contribution in [0, 0.1) is 5.92 Å². The van der Waals surface area contributed by atoms with Crippen LogP contribution in [-0.2, 0) is 4.79 Å². The van der Waals surface area contributed by atoms with E-state index in [1.54, 1.807) is 6.07 Å². The van der Waals surface area contributed by atoms with E-state index < -0.39 is 18.0 Å². The molecule has 1 aromatic rings. The molecule has 0 radical (unpaired) electrons. The number of aliphatic carboxylic acids is 1. The van der Waals surface area contributed by atoms with E-state index in [0.29, 0.717) is 12.3 Å². The number of rotatable bonds is 2. The first-order valence-corrected chi connectivity index (χ1v) is 7.26. The molecule has 1 saturated heterocycles. The molecular formula is C14H18N4O3. The smallest absolute Gasteiger partial charge is 0.326 e. The van der Waals surface area contributed by atoms with Crippen LogP contribution in [0.15, 0.2) is 18.5 Å². The second-order valence-electron chi connectivity index (χ2n) is 5.61. The van der Waals surface area contributed by atoms with Crippen LogP contribution in [0.1, 0.15) is 32.1 Å². The predicted octanol–water partition coefficient (Wildman–Crippen LogP) is 1.73. The van der Waals surface area contributed by atoms with E-state index in [0.717, 1.165) is 25.7 Å². The van der Waals surface area contributed by atoms with Crippen LogP contribution < -0.4 is 5.32 Å². The molecule has 3 unspecified atom stereocenters. The Morgan fingerprint density at radius 3 is 2.67 bits per heavy atom. The number of amides is 2. The fraction of sp³-hybridized carbons (Fsp3) is 0.571. The summed E-state index contributed by atoms with van der Waals surface area (Å²) in [6, 6.07) is 0.510. The highest BCUT2D eigenvalue weighted by molar-refractivity contribution is 5.91. The largest absolute Gasteiger partial charge is 0.480 e. The van der Waals surface area contributed by atoms with Crippen LogP contribution >= 0.6 is 0 Å². The second-order valence-corrected chi connectivity index (χ2v) is 5.61. The maximum atomic E-state index is 12.5. The van der Waals surface area contributed by atoms with Crippen molar-refractivity contribution in [3.63, 3.8) is 0 Å². The SMILES string of the molecule is O=C(O)C1CC2CCCCC2N1C(=O)Nc1ncccn1. The van der Waals surface area contributed by atoms with Gasteiger partial charge in [-0.3, -0.25) is 5.32 Å². The summed E-state index contributed by atoms with van der Waals surface area (Å²) in [6.45, 7) is 0. The number of carbonyl (C=O) groups is 2. The molecule has 7 heteroatoms. The van der Waals surface area contributed by atoms with E-state index in [-0.39, 0.29) is 12.0 Å². The molecule has 1 saturated carbocycles. The number of carboxylic acids is 1. The van der Waals surface area contributed by atoms with Crippen molar-refractivity contribution in [2.45, 2.75) is 44.2 Å². The predicted molar refractivity (Wildman–Crippen MR) is 74.7 cm³/mol. The topological polar surface area (TPSA) is 95.4 Å². The van der Waals surface area contributed by atoms with Gasteiger partial charge in [0.1, 0.15) is 6.04 Å². The average Bonchev–Trinajstić information content (AvgIpc) is 2.88. The standard InChI is InChI=1S/C14H18N4O3/c19-12(20)11-8-9-4-1-2-5-10(9)18(11)14(21)17-13-15-6-3-7-16-13/h3,6-7,9-11H,1-2,4-5,8H2,(H,19,20)(H,15,16,17,21). The van der Waals surface area contributed by atoms with Gasteiger partial charge in [-0.2, -0.15) is 0 Å². The molecule has 0 bridgehead atoms. The molecule has 1 aliphatic heterocycles. The third kappa shape index (κ3) is 2.68. The van der Waals surface area contributed by atoms with Crippen molar-refractivity contribution in [2.75, 3.05) is 5.32 Å². The van der Waals surface area contributed by atoms with E-state index in [2.05, 4.69) is 15.3 Å². The molecule has 2 N–H and O–H groups in total. The molecule has 3 rings (SSSR count). The van der Waals surface area contributed by atoms with Crippen molar-refractivity contribution < 1.29 is 14.7 Å². The van der Waals surface area contributed by atoms with Gasteiger partial charge in [0.2, 0.25) is 5.95 Å². The molecule has 1 aromatic heterocycles. The molecule has 21 heavy (non-hydrogen) atoms. The van der Waals surface area contributed by atoms with E-state index in [9.17, 15) is 14.7 Å². The number of anilines is 1. The lowest BCUT2D eigenvalue weighted by atomic mass is 9.85. The second kappa shape index (κ2) is 5.67. The summed E-state index contributed by atoms with van der Waals surface area (Å²) in [7, 11) is 0. The third-order valence-electron chi connectivity index (χ3n) is 4.39. The summed E-state index contributed by atoms with van der Waals surface area (Å²) in [5.74, 6) is -0.443. The first-order chi connectivity index (χ1) is 10.2. The number of fused-ring (bicyclic) bond motifs is 1. The van der Waals surface area contributed by atoms with Crippen LogP contribution in [0.3, 0.4) is 0 Å². The van der Waals surface area contributed by atoms with Gasteiger partial charge < -0.3 is 10.0 Å². The number of aromatic nitrogens is 2. The summed E-state index contributed by atoms with van der Waals surface area (Å²) in [6.07, 6.45) is 7.64. The fourth-order valence-corrected chi connectivity index (χ4v) is 3.50. The van der Waals surface area contributed by atoms with Crippen LogP contribution in [0.5, 0.6) is 0 Å². The summed E-state index contributed by atoms with van der Waals surface area (Å²) in [5.41, 5.74) is 0. The monoisotopic (exact) mass is 290 g/mol. The van der Waals surface area contributed by atoms with E-state index in [4.69, 9.17) is 0 Å². The molecule has 2 fully saturated rings. The molecule has 2 amide bonds. The highest BCUT2D eigenvalue weighted by atomic mass is 16.4. The average molecular weight is 290 g/mol. The fourth-order valence-electron chi connectivity index (χ4n) is 3.50. The van der Waals surface area contributed by atoms with E-state index >= 15 is 0 Å². The van der Waals surface area contributed by atoms with E-state index in [1.165, 1.54) is 17.3 Å². The highest BCUT2D eigenvalue weighted by Gasteiger charge is 2.47.